The van der Waals surface area contributed by atoms with Crippen LogP contribution in [0.15, 0.2) is 23.7 Å². The lowest BCUT2D eigenvalue weighted by Gasteiger charge is -2.47. The SMILES string of the molecule is CCNC(=NCC1(N2CCOCC2)CCCCC1)N1CCC(C)C(n2ccnc2)C1. The number of nitrogens with zero attached hydrogens (tertiary/aromatic N) is 5. The van der Waals surface area contributed by atoms with Gasteiger partial charge in [0, 0.05) is 50.7 Å². The lowest BCUT2D eigenvalue weighted by Crippen LogP contribution is -2.57. The van der Waals surface area contributed by atoms with Crippen molar-refractivity contribution in [2.24, 2.45) is 10.9 Å². The number of aliphatic imine (C=N–C) groups is 1. The summed E-state index contributed by atoms with van der Waals surface area (Å²) in [5, 5.41) is 3.60. The molecule has 168 valence electrons. The van der Waals surface area contributed by atoms with Gasteiger partial charge in [0.05, 0.1) is 32.1 Å². The molecule has 2 saturated heterocycles. The smallest absolute Gasteiger partial charge is 0.194 e. The van der Waals surface area contributed by atoms with E-state index in [1.54, 1.807) is 0 Å². The van der Waals surface area contributed by atoms with Gasteiger partial charge in [-0.1, -0.05) is 26.2 Å². The highest BCUT2D eigenvalue weighted by Crippen LogP contribution is 2.35. The van der Waals surface area contributed by atoms with Crippen molar-refractivity contribution in [1.82, 2.24) is 24.7 Å². The molecule has 7 heteroatoms. The highest BCUT2D eigenvalue weighted by Gasteiger charge is 2.39. The van der Waals surface area contributed by atoms with Crippen molar-refractivity contribution < 1.29 is 4.74 Å². The molecule has 0 radical (unpaired) electrons. The molecule has 2 unspecified atom stereocenters. The molecule has 4 rings (SSSR count). The number of aromatic nitrogens is 2. The van der Waals surface area contributed by atoms with Crippen molar-refractivity contribution in [3.8, 4) is 0 Å². The molecular formula is C23H40N6O. The third-order valence-corrected chi connectivity index (χ3v) is 7.45. The van der Waals surface area contributed by atoms with Crippen LogP contribution in [0, 0.1) is 5.92 Å². The van der Waals surface area contributed by atoms with Gasteiger partial charge in [-0.25, -0.2) is 4.98 Å². The number of nitrogens with one attached hydrogen (secondary N) is 1. The van der Waals surface area contributed by atoms with E-state index in [1.165, 1.54) is 38.5 Å². The zero-order valence-electron chi connectivity index (χ0n) is 18.9. The van der Waals surface area contributed by atoms with E-state index in [-0.39, 0.29) is 5.54 Å². The number of imidazole rings is 1. The molecule has 0 spiro atoms. The lowest BCUT2D eigenvalue weighted by atomic mass is 9.80. The molecule has 0 bridgehead atoms. The Bertz CT molecular complexity index is 663. The maximum Gasteiger partial charge on any atom is 0.194 e. The fourth-order valence-corrected chi connectivity index (χ4v) is 5.56. The highest BCUT2D eigenvalue weighted by molar-refractivity contribution is 5.80. The first-order chi connectivity index (χ1) is 14.7. The zero-order chi connectivity index (χ0) is 20.8. The predicted molar refractivity (Wildman–Crippen MR) is 121 cm³/mol. The lowest BCUT2D eigenvalue weighted by molar-refractivity contribution is -0.0334. The molecular weight excluding hydrogens is 376 g/mol. The topological polar surface area (TPSA) is 57.9 Å². The summed E-state index contributed by atoms with van der Waals surface area (Å²) in [5.41, 5.74) is 0.218. The van der Waals surface area contributed by atoms with E-state index in [0.717, 1.165) is 58.4 Å². The van der Waals surface area contributed by atoms with E-state index < -0.39 is 0 Å². The third kappa shape index (κ3) is 4.83. The molecule has 1 aromatic rings. The molecule has 3 fully saturated rings. The Morgan fingerprint density at radius 1 is 1.20 bits per heavy atom. The molecule has 3 aliphatic rings. The van der Waals surface area contributed by atoms with Crippen LogP contribution in [-0.2, 0) is 4.74 Å². The number of hydrogen-bond acceptors (Lipinski definition) is 4. The standard InChI is InChI=1S/C23H40N6O/c1-3-25-22(27-11-7-20(2)21(17-27)28-12-10-24-19-28)26-18-23(8-5-4-6-9-23)29-13-15-30-16-14-29/h10,12,19-21H,3-9,11,13-18H2,1-2H3,(H,25,26). The maximum absolute atomic E-state index is 5.65. The van der Waals surface area contributed by atoms with Crippen LogP contribution in [0.3, 0.4) is 0 Å². The Morgan fingerprint density at radius 2 is 2.00 bits per heavy atom. The van der Waals surface area contributed by atoms with Crippen LogP contribution in [-0.4, -0.2) is 83.3 Å². The summed E-state index contributed by atoms with van der Waals surface area (Å²) in [6, 6.07) is 0.452. The minimum absolute atomic E-state index is 0.218. The second-order valence-electron chi connectivity index (χ2n) is 9.34. The summed E-state index contributed by atoms with van der Waals surface area (Å²) in [4.78, 5) is 14.7. The molecule has 0 amide bonds. The van der Waals surface area contributed by atoms with Crippen molar-refractivity contribution in [3.05, 3.63) is 18.7 Å². The second kappa shape index (κ2) is 10.1. The first-order valence-electron chi connectivity index (χ1n) is 12.1. The molecule has 1 aromatic heterocycles. The van der Waals surface area contributed by atoms with E-state index in [9.17, 15) is 0 Å². The number of hydrogen-bond donors (Lipinski definition) is 1. The monoisotopic (exact) mass is 416 g/mol. The number of ether oxygens (including phenoxy) is 1. The van der Waals surface area contributed by atoms with E-state index in [4.69, 9.17) is 9.73 Å². The number of rotatable bonds is 5. The van der Waals surface area contributed by atoms with Crippen molar-refractivity contribution in [1.29, 1.82) is 0 Å². The van der Waals surface area contributed by atoms with Crippen molar-refractivity contribution in [2.75, 3.05) is 52.5 Å². The van der Waals surface area contributed by atoms with Crippen molar-refractivity contribution >= 4 is 5.96 Å². The number of guanidine groups is 1. The fraction of sp³-hybridized carbons (Fsp3) is 0.826. The van der Waals surface area contributed by atoms with E-state index in [2.05, 4.69) is 44.7 Å². The normalized spacial score (nSPS) is 28.5. The molecule has 1 aliphatic carbocycles. The van der Waals surface area contributed by atoms with Crippen LogP contribution in [0.4, 0.5) is 0 Å². The molecule has 30 heavy (non-hydrogen) atoms. The Kier molecular flexibility index (Phi) is 7.31. The van der Waals surface area contributed by atoms with E-state index in [1.807, 2.05) is 12.5 Å². The second-order valence-corrected chi connectivity index (χ2v) is 9.34. The Hall–Kier alpha value is -1.60. The van der Waals surface area contributed by atoms with Crippen LogP contribution >= 0.6 is 0 Å². The minimum atomic E-state index is 0.218. The Balaban J connectivity index is 1.50. The van der Waals surface area contributed by atoms with E-state index in [0.29, 0.717) is 12.0 Å². The van der Waals surface area contributed by atoms with Gasteiger partial charge < -0.3 is 19.5 Å². The summed E-state index contributed by atoms with van der Waals surface area (Å²) in [6.45, 7) is 12.2. The molecule has 7 nitrogen and oxygen atoms in total. The van der Waals surface area contributed by atoms with Gasteiger partial charge in [0.25, 0.3) is 0 Å². The quantitative estimate of drug-likeness (QED) is 0.591. The van der Waals surface area contributed by atoms with Gasteiger partial charge in [0.1, 0.15) is 0 Å². The average Bonchev–Trinajstić information content (AvgIpc) is 3.33. The highest BCUT2D eigenvalue weighted by atomic mass is 16.5. The van der Waals surface area contributed by atoms with Crippen LogP contribution in [0.1, 0.15) is 58.4 Å². The van der Waals surface area contributed by atoms with Gasteiger partial charge in [-0.15, -0.1) is 0 Å². The van der Waals surface area contributed by atoms with Crippen LogP contribution in [0.5, 0.6) is 0 Å². The van der Waals surface area contributed by atoms with Gasteiger partial charge >= 0.3 is 0 Å². The van der Waals surface area contributed by atoms with Crippen LogP contribution in [0.2, 0.25) is 0 Å². The van der Waals surface area contributed by atoms with Crippen molar-refractivity contribution in [2.45, 2.75) is 64.0 Å². The molecule has 2 atom stereocenters. The summed E-state index contributed by atoms with van der Waals surface area (Å²) in [6.07, 6.45) is 13.7. The van der Waals surface area contributed by atoms with Gasteiger partial charge in [-0.05, 0) is 32.1 Å². The summed E-state index contributed by atoms with van der Waals surface area (Å²) in [7, 11) is 0. The predicted octanol–water partition coefficient (Wildman–Crippen LogP) is 2.77. The van der Waals surface area contributed by atoms with E-state index >= 15 is 0 Å². The minimum Gasteiger partial charge on any atom is -0.379 e. The average molecular weight is 417 g/mol. The number of piperidine rings is 1. The van der Waals surface area contributed by atoms with Crippen molar-refractivity contribution in [3.63, 3.8) is 0 Å². The first kappa shape index (κ1) is 21.6. The maximum atomic E-state index is 5.65. The van der Waals surface area contributed by atoms with Crippen LogP contribution in [0.25, 0.3) is 0 Å². The summed E-state index contributed by atoms with van der Waals surface area (Å²) < 4.78 is 7.92. The number of likely N-dealkylation sites (tertiary alicyclic amines) is 1. The molecule has 3 heterocycles. The zero-order valence-corrected chi connectivity index (χ0v) is 18.9. The summed E-state index contributed by atoms with van der Waals surface area (Å²) in [5.74, 6) is 1.74. The molecule has 1 N–H and O–H groups in total. The third-order valence-electron chi connectivity index (χ3n) is 7.45. The van der Waals surface area contributed by atoms with Gasteiger partial charge in [0.2, 0.25) is 0 Å². The molecule has 0 aromatic carbocycles. The van der Waals surface area contributed by atoms with Gasteiger partial charge in [-0.2, -0.15) is 0 Å². The Morgan fingerprint density at radius 3 is 2.70 bits per heavy atom. The molecule has 1 saturated carbocycles. The fourth-order valence-electron chi connectivity index (χ4n) is 5.56. The number of morpholine rings is 1. The first-order valence-corrected chi connectivity index (χ1v) is 12.1. The Labute approximate surface area is 181 Å². The molecule has 2 aliphatic heterocycles. The van der Waals surface area contributed by atoms with Gasteiger partial charge in [-0.3, -0.25) is 9.89 Å². The van der Waals surface area contributed by atoms with Crippen LogP contribution < -0.4 is 5.32 Å². The van der Waals surface area contributed by atoms with Gasteiger partial charge in [0.15, 0.2) is 5.96 Å². The largest absolute Gasteiger partial charge is 0.379 e. The summed E-state index contributed by atoms with van der Waals surface area (Å²) >= 11 is 0.